The van der Waals surface area contributed by atoms with E-state index in [-0.39, 0.29) is 22.9 Å². The SMILES string of the molecule is COc1cc([C@@H](C)C(=O)N2CC[C@@]3(CCc4cc(-c5nc(C(F)(F)F)ccc5F)c(C)nc4N3)C2)c(F)cn1. The number of aryl methyl sites for hydroxylation is 2. The average Bonchev–Trinajstić information content (AvgIpc) is 3.30. The summed E-state index contributed by atoms with van der Waals surface area (Å²) in [5.41, 5.74) is -0.587. The van der Waals surface area contributed by atoms with Gasteiger partial charge in [0.05, 0.1) is 24.8 Å². The molecule has 5 heterocycles. The predicted molar refractivity (Wildman–Crippen MR) is 132 cm³/mol. The number of methoxy groups -OCH3 is 1. The highest BCUT2D eigenvalue weighted by Crippen LogP contribution is 2.40. The zero-order chi connectivity index (χ0) is 28.1. The van der Waals surface area contributed by atoms with Gasteiger partial charge in [0.15, 0.2) is 0 Å². The first-order valence-electron chi connectivity index (χ1n) is 12.4. The van der Waals surface area contributed by atoms with E-state index < -0.39 is 40.7 Å². The van der Waals surface area contributed by atoms with Crippen molar-refractivity contribution in [3.8, 4) is 17.1 Å². The van der Waals surface area contributed by atoms with Gasteiger partial charge >= 0.3 is 6.18 Å². The third-order valence-corrected chi connectivity index (χ3v) is 7.51. The maximum atomic E-state index is 14.5. The van der Waals surface area contributed by atoms with E-state index in [0.29, 0.717) is 49.9 Å². The van der Waals surface area contributed by atoms with Crippen molar-refractivity contribution in [1.29, 1.82) is 0 Å². The predicted octanol–water partition coefficient (Wildman–Crippen LogP) is 5.29. The Morgan fingerprint density at radius 1 is 1.15 bits per heavy atom. The molecule has 1 saturated heterocycles. The molecule has 0 aromatic carbocycles. The summed E-state index contributed by atoms with van der Waals surface area (Å²) in [6.07, 6.45) is -1.88. The smallest absolute Gasteiger partial charge is 0.433 e. The first kappa shape index (κ1) is 26.8. The Morgan fingerprint density at radius 3 is 2.64 bits per heavy atom. The molecule has 1 fully saturated rings. The maximum Gasteiger partial charge on any atom is 0.433 e. The van der Waals surface area contributed by atoms with Crippen molar-refractivity contribution in [2.24, 2.45) is 0 Å². The molecule has 0 radical (unpaired) electrons. The van der Waals surface area contributed by atoms with Gasteiger partial charge in [-0.05, 0) is 56.9 Å². The summed E-state index contributed by atoms with van der Waals surface area (Å²) < 4.78 is 73.6. The highest BCUT2D eigenvalue weighted by atomic mass is 19.4. The third kappa shape index (κ3) is 4.99. The topological polar surface area (TPSA) is 80.2 Å². The molecule has 2 atom stereocenters. The molecule has 1 spiro atoms. The number of hydrogen-bond acceptors (Lipinski definition) is 6. The molecular weight excluding hydrogens is 521 g/mol. The zero-order valence-corrected chi connectivity index (χ0v) is 21.5. The summed E-state index contributed by atoms with van der Waals surface area (Å²) in [7, 11) is 1.42. The lowest BCUT2D eigenvalue weighted by atomic mass is 9.86. The van der Waals surface area contributed by atoms with Gasteiger partial charge in [0.1, 0.15) is 28.8 Å². The molecule has 3 aromatic heterocycles. The Hall–Kier alpha value is -3.83. The molecule has 3 aromatic rings. The largest absolute Gasteiger partial charge is 0.481 e. The van der Waals surface area contributed by atoms with Crippen LogP contribution in [0.1, 0.15) is 48.2 Å². The van der Waals surface area contributed by atoms with Gasteiger partial charge in [-0.25, -0.2) is 23.7 Å². The lowest BCUT2D eigenvalue weighted by Crippen LogP contribution is -2.46. The van der Waals surface area contributed by atoms with Crippen LogP contribution in [-0.2, 0) is 17.4 Å². The van der Waals surface area contributed by atoms with E-state index >= 15 is 0 Å². The fourth-order valence-corrected chi connectivity index (χ4v) is 5.31. The Bertz CT molecular complexity index is 1450. The Morgan fingerprint density at radius 2 is 1.92 bits per heavy atom. The molecule has 1 N–H and O–H groups in total. The number of anilines is 1. The van der Waals surface area contributed by atoms with Gasteiger partial charge < -0.3 is 15.0 Å². The van der Waals surface area contributed by atoms with Gasteiger partial charge in [-0.15, -0.1) is 0 Å². The number of carbonyl (C=O) groups excluding carboxylic acids is 1. The molecule has 5 rings (SSSR count). The number of carbonyl (C=O) groups is 1. The number of hydrogen-bond donors (Lipinski definition) is 1. The molecule has 0 bridgehead atoms. The monoisotopic (exact) mass is 547 g/mol. The van der Waals surface area contributed by atoms with Crippen LogP contribution in [0.25, 0.3) is 11.3 Å². The number of rotatable bonds is 4. The number of aromatic nitrogens is 3. The van der Waals surface area contributed by atoms with Crippen LogP contribution in [-0.4, -0.2) is 51.5 Å². The second kappa shape index (κ2) is 9.73. The van der Waals surface area contributed by atoms with Crippen LogP contribution in [0.5, 0.6) is 5.88 Å². The molecular formula is C27H26F5N5O2. The second-order valence-electron chi connectivity index (χ2n) is 10.0. The average molecular weight is 548 g/mol. The lowest BCUT2D eigenvalue weighted by molar-refractivity contribution is -0.141. The number of fused-ring (bicyclic) bond motifs is 1. The van der Waals surface area contributed by atoms with Crippen molar-refractivity contribution < 1.29 is 31.5 Å². The Kier molecular flexibility index (Phi) is 6.68. The van der Waals surface area contributed by atoms with E-state index in [1.807, 2.05) is 0 Å². The fraction of sp³-hybridized carbons (Fsp3) is 0.407. The van der Waals surface area contributed by atoms with Crippen LogP contribution in [0.2, 0.25) is 0 Å². The van der Waals surface area contributed by atoms with Crippen LogP contribution in [0, 0.1) is 18.6 Å². The molecule has 0 aliphatic carbocycles. The molecule has 39 heavy (non-hydrogen) atoms. The lowest BCUT2D eigenvalue weighted by Gasteiger charge is -2.36. The van der Waals surface area contributed by atoms with Crippen molar-refractivity contribution in [3.63, 3.8) is 0 Å². The third-order valence-electron chi connectivity index (χ3n) is 7.51. The van der Waals surface area contributed by atoms with Crippen LogP contribution in [0.4, 0.5) is 27.8 Å². The van der Waals surface area contributed by atoms with Crippen LogP contribution >= 0.6 is 0 Å². The standard InChI is InChI=1S/C27H26F5N5O2/c1-14(17-11-22(39-3)33-12-20(17)29)25(38)37-9-8-26(13-37)7-6-16-10-18(15(2)34-24(16)36-26)23-19(28)4-5-21(35-23)27(30,31)32/h4-5,10-12,14H,6-9,13H2,1-3H3,(H,34,36)/t14-,26+/m1/s1. The van der Waals surface area contributed by atoms with Gasteiger partial charge in [-0.3, -0.25) is 4.79 Å². The summed E-state index contributed by atoms with van der Waals surface area (Å²) in [6.45, 7) is 4.07. The summed E-state index contributed by atoms with van der Waals surface area (Å²) in [5.74, 6) is -1.66. The van der Waals surface area contributed by atoms with Crippen LogP contribution in [0.15, 0.2) is 30.5 Å². The molecule has 206 valence electrons. The van der Waals surface area contributed by atoms with E-state index in [2.05, 4.69) is 20.3 Å². The molecule has 12 heteroatoms. The first-order chi connectivity index (χ1) is 18.4. The minimum atomic E-state index is -4.70. The number of amides is 1. The van der Waals surface area contributed by atoms with Crippen LogP contribution < -0.4 is 10.1 Å². The summed E-state index contributed by atoms with van der Waals surface area (Å²) in [4.78, 5) is 26.9. The summed E-state index contributed by atoms with van der Waals surface area (Å²) in [5, 5.41) is 3.43. The Balaban J connectivity index is 1.36. The molecule has 2 aliphatic heterocycles. The maximum absolute atomic E-state index is 14.5. The highest BCUT2D eigenvalue weighted by molar-refractivity contribution is 5.84. The van der Waals surface area contributed by atoms with Crippen molar-refractivity contribution in [3.05, 3.63) is 64.6 Å². The second-order valence-corrected chi connectivity index (χ2v) is 10.0. The zero-order valence-electron chi connectivity index (χ0n) is 21.5. The van der Waals surface area contributed by atoms with Crippen molar-refractivity contribution in [2.45, 2.75) is 50.7 Å². The van der Waals surface area contributed by atoms with E-state index in [9.17, 15) is 26.7 Å². The molecule has 1 amide bonds. The van der Waals surface area contributed by atoms with Gasteiger partial charge in [-0.1, -0.05) is 0 Å². The highest BCUT2D eigenvalue weighted by Gasteiger charge is 2.43. The molecule has 7 nitrogen and oxygen atoms in total. The number of halogens is 5. The summed E-state index contributed by atoms with van der Waals surface area (Å²) in [6, 6.07) is 4.42. The van der Waals surface area contributed by atoms with Gasteiger partial charge in [0, 0.05) is 36.0 Å². The van der Waals surface area contributed by atoms with E-state index in [1.54, 1.807) is 24.8 Å². The number of nitrogens with one attached hydrogen (secondary N) is 1. The van der Waals surface area contributed by atoms with Crippen molar-refractivity contribution in [1.82, 2.24) is 19.9 Å². The van der Waals surface area contributed by atoms with E-state index in [0.717, 1.165) is 17.8 Å². The number of alkyl halides is 3. The Labute approximate surface area is 221 Å². The first-order valence-corrected chi connectivity index (χ1v) is 12.4. The van der Waals surface area contributed by atoms with E-state index in [4.69, 9.17) is 4.74 Å². The normalized spacial score (nSPS) is 19.5. The number of nitrogens with zero attached hydrogens (tertiary/aromatic N) is 4. The fourth-order valence-electron chi connectivity index (χ4n) is 5.31. The summed E-state index contributed by atoms with van der Waals surface area (Å²) >= 11 is 0. The van der Waals surface area contributed by atoms with Crippen molar-refractivity contribution in [2.75, 3.05) is 25.5 Å². The van der Waals surface area contributed by atoms with E-state index in [1.165, 1.54) is 13.2 Å². The van der Waals surface area contributed by atoms with Gasteiger partial charge in [-0.2, -0.15) is 13.2 Å². The van der Waals surface area contributed by atoms with Gasteiger partial charge in [0.25, 0.3) is 0 Å². The van der Waals surface area contributed by atoms with Crippen LogP contribution in [0.3, 0.4) is 0 Å². The van der Waals surface area contributed by atoms with Crippen molar-refractivity contribution >= 4 is 11.7 Å². The van der Waals surface area contributed by atoms with Gasteiger partial charge in [0.2, 0.25) is 11.8 Å². The molecule has 0 unspecified atom stereocenters. The quantitative estimate of drug-likeness (QED) is 0.448. The number of pyridine rings is 3. The molecule has 0 saturated carbocycles. The number of likely N-dealkylation sites (tertiary alicyclic amines) is 1. The minimum absolute atomic E-state index is 0.196. The molecule has 2 aliphatic rings. The minimum Gasteiger partial charge on any atom is -0.481 e. The number of ether oxygens (including phenoxy) is 1.